The van der Waals surface area contributed by atoms with Gasteiger partial charge in [-0.15, -0.1) is 0 Å². The summed E-state index contributed by atoms with van der Waals surface area (Å²) >= 11 is 0. The van der Waals surface area contributed by atoms with E-state index in [-0.39, 0.29) is 24.2 Å². The number of Topliss-reactive ketones (excluding diaryl/α,β-unsaturated/α-hetero) is 1. The van der Waals surface area contributed by atoms with E-state index in [4.69, 9.17) is 4.74 Å². The van der Waals surface area contributed by atoms with E-state index in [2.05, 4.69) is 0 Å². The predicted molar refractivity (Wildman–Crippen MR) is 86.1 cm³/mol. The van der Waals surface area contributed by atoms with Gasteiger partial charge in [0.2, 0.25) is 5.91 Å². The van der Waals surface area contributed by atoms with Gasteiger partial charge in [0, 0.05) is 6.42 Å². The summed E-state index contributed by atoms with van der Waals surface area (Å²) in [5, 5.41) is 0. The Kier molecular flexibility index (Phi) is 5.90. The summed E-state index contributed by atoms with van der Waals surface area (Å²) in [6.07, 6.45) is 2.12. The standard InChI is InChI=1S/C18H23NO4/c1-13-7-9-15(10-8-13)16(6-4-3-5-14(2)20)17(21)19-11-12-23-18(19)22/h7-10,16H,3-6,11-12H2,1-2H3. The SMILES string of the molecule is CC(=O)CCCCC(C(=O)N1CCOC1=O)c1ccc(C)cc1. The molecule has 1 fully saturated rings. The minimum absolute atomic E-state index is 0.159. The Bertz CT molecular complexity index is 579. The van der Waals surface area contributed by atoms with Gasteiger partial charge in [0.15, 0.2) is 0 Å². The van der Waals surface area contributed by atoms with Crippen molar-refractivity contribution >= 4 is 17.8 Å². The molecule has 0 N–H and O–H groups in total. The number of rotatable bonds is 7. The number of imide groups is 1. The van der Waals surface area contributed by atoms with E-state index in [1.807, 2.05) is 31.2 Å². The van der Waals surface area contributed by atoms with E-state index in [1.54, 1.807) is 6.92 Å². The topological polar surface area (TPSA) is 63.7 Å². The molecule has 1 aromatic rings. The number of carbonyl (C=O) groups excluding carboxylic acids is 3. The van der Waals surface area contributed by atoms with E-state index < -0.39 is 6.09 Å². The largest absolute Gasteiger partial charge is 0.447 e. The second-order valence-corrected chi connectivity index (χ2v) is 6.02. The molecule has 0 saturated carbocycles. The molecule has 1 heterocycles. The first kappa shape index (κ1) is 17.2. The van der Waals surface area contributed by atoms with E-state index in [0.29, 0.717) is 19.4 Å². The van der Waals surface area contributed by atoms with Crippen LogP contribution in [0, 0.1) is 6.92 Å². The Labute approximate surface area is 136 Å². The highest BCUT2D eigenvalue weighted by molar-refractivity contribution is 5.96. The number of amides is 2. The Morgan fingerprint density at radius 1 is 1.22 bits per heavy atom. The van der Waals surface area contributed by atoms with Crippen molar-refractivity contribution in [3.8, 4) is 0 Å². The van der Waals surface area contributed by atoms with Gasteiger partial charge >= 0.3 is 6.09 Å². The Hall–Kier alpha value is -2.17. The van der Waals surface area contributed by atoms with Crippen LogP contribution in [0.25, 0.3) is 0 Å². The van der Waals surface area contributed by atoms with Crippen LogP contribution < -0.4 is 0 Å². The minimum atomic E-state index is -0.559. The molecule has 0 bridgehead atoms. The maximum absolute atomic E-state index is 12.7. The van der Waals surface area contributed by atoms with Crippen molar-refractivity contribution in [2.45, 2.75) is 45.4 Å². The quantitative estimate of drug-likeness (QED) is 0.724. The van der Waals surface area contributed by atoms with Crippen LogP contribution in [-0.4, -0.2) is 35.8 Å². The van der Waals surface area contributed by atoms with E-state index in [1.165, 1.54) is 4.90 Å². The van der Waals surface area contributed by atoms with Crippen LogP contribution in [0.5, 0.6) is 0 Å². The molecule has 124 valence electrons. The molecule has 1 aliphatic rings. The molecule has 1 unspecified atom stereocenters. The van der Waals surface area contributed by atoms with Gasteiger partial charge in [0.05, 0.1) is 12.5 Å². The summed E-state index contributed by atoms with van der Waals surface area (Å²) in [6.45, 7) is 4.14. The van der Waals surface area contributed by atoms with Crippen LogP contribution in [0.3, 0.4) is 0 Å². The van der Waals surface area contributed by atoms with Gasteiger partial charge in [0.1, 0.15) is 12.4 Å². The maximum atomic E-state index is 12.7. The van der Waals surface area contributed by atoms with Gasteiger partial charge in [-0.2, -0.15) is 0 Å². The highest BCUT2D eigenvalue weighted by Crippen LogP contribution is 2.26. The van der Waals surface area contributed by atoms with Crippen molar-refractivity contribution in [2.24, 2.45) is 0 Å². The normalized spacial score (nSPS) is 15.4. The lowest BCUT2D eigenvalue weighted by Gasteiger charge is -2.21. The first-order valence-corrected chi connectivity index (χ1v) is 8.03. The van der Waals surface area contributed by atoms with Crippen LogP contribution in [-0.2, 0) is 14.3 Å². The van der Waals surface area contributed by atoms with Crippen molar-refractivity contribution in [3.63, 3.8) is 0 Å². The van der Waals surface area contributed by atoms with Gasteiger partial charge in [-0.25, -0.2) is 9.69 Å². The van der Waals surface area contributed by atoms with Gasteiger partial charge in [-0.1, -0.05) is 36.2 Å². The van der Waals surface area contributed by atoms with Crippen LogP contribution in [0.4, 0.5) is 4.79 Å². The number of carbonyl (C=O) groups is 3. The number of ether oxygens (including phenoxy) is 1. The molecule has 0 aliphatic carbocycles. The molecule has 1 atom stereocenters. The Morgan fingerprint density at radius 3 is 2.48 bits per heavy atom. The van der Waals surface area contributed by atoms with Crippen molar-refractivity contribution < 1.29 is 19.1 Å². The first-order chi connectivity index (χ1) is 11.0. The molecule has 5 heteroatoms. The lowest BCUT2D eigenvalue weighted by molar-refractivity contribution is -0.129. The van der Waals surface area contributed by atoms with Gasteiger partial charge in [-0.3, -0.25) is 4.79 Å². The van der Waals surface area contributed by atoms with Crippen LogP contribution in [0.2, 0.25) is 0 Å². The monoisotopic (exact) mass is 317 g/mol. The second kappa shape index (κ2) is 7.90. The Balaban J connectivity index is 2.10. The summed E-state index contributed by atoms with van der Waals surface area (Å²) < 4.78 is 4.87. The molecular formula is C18H23NO4. The summed E-state index contributed by atoms with van der Waals surface area (Å²) in [4.78, 5) is 36.6. The summed E-state index contributed by atoms with van der Waals surface area (Å²) in [7, 11) is 0. The van der Waals surface area contributed by atoms with Crippen molar-refractivity contribution in [1.82, 2.24) is 4.90 Å². The van der Waals surface area contributed by atoms with E-state index in [0.717, 1.165) is 24.0 Å². The van der Waals surface area contributed by atoms with Crippen molar-refractivity contribution in [3.05, 3.63) is 35.4 Å². The number of ketones is 1. The number of hydrogen-bond donors (Lipinski definition) is 0. The van der Waals surface area contributed by atoms with Crippen LogP contribution in [0.1, 0.15) is 49.7 Å². The molecule has 0 spiro atoms. The first-order valence-electron chi connectivity index (χ1n) is 8.03. The van der Waals surface area contributed by atoms with Crippen LogP contribution >= 0.6 is 0 Å². The summed E-state index contributed by atoms with van der Waals surface area (Å²) in [6, 6.07) is 7.80. The van der Waals surface area contributed by atoms with Crippen LogP contribution in [0.15, 0.2) is 24.3 Å². The third kappa shape index (κ3) is 4.65. The highest BCUT2D eigenvalue weighted by Gasteiger charge is 2.33. The molecule has 0 aromatic heterocycles. The molecule has 2 amide bonds. The molecule has 2 rings (SSSR count). The van der Waals surface area contributed by atoms with E-state index >= 15 is 0 Å². The van der Waals surface area contributed by atoms with Gasteiger partial charge in [-0.05, 0) is 32.3 Å². The van der Waals surface area contributed by atoms with Crippen molar-refractivity contribution in [1.29, 1.82) is 0 Å². The highest BCUT2D eigenvalue weighted by atomic mass is 16.6. The fourth-order valence-corrected chi connectivity index (χ4v) is 2.74. The number of unbranched alkanes of at least 4 members (excludes halogenated alkanes) is 1. The molecule has 23 heavy (non-hydrogen) atoms. The second-order valence-electron chi connectivity index (χ2n) is 6.02. The minimum Gasteiger partial charge on any atom is -0.447 e. The number of cyclic esters (lactones) is 1. The van der Waals surface area contributed by atoms with E-state index in [9.17, 15) is 14.4 Å². The lowest BCUT2D eigenvalue weighted by atomic mass is 9.91. The average molecular weight is 317 g/mol. The zero-order valence-corrected chi connectivity index (χ0v) is 13.7. The Morgan fingerprint density at radius 2 is 1.91 bits per heavy atom. The fourth-order valence-electron chi connectivity index (χ4n) is 2.74. The number of aryl methyl sites for hydroxylation is 1. The van der Waals surface area contributed by atoms with Gasteiger partial charge in [0.25, 0.3) is 0 Å². The third-order valence-electron chi connectivity index (χ3n) is 4.08. The molecule has 1 aliphatic heterocycles. The number of benzene rings is 1. The maximum Gasteiger partial charge on any atom is 0.416 e. The van der Waals surface area contributed by atoms with Gasteiger partial charge < -0.3 is 9.53 Å². The predicted octanol–water partition coefficient (Wildman–Crippen LogP) is 3.21. The fraction of sp³-hybridized carbons (Fsp3) is 0.500. The lowest BCUT2D eigenvalue weighted by Crippen LogP contribution is -2.35. The zero-order chi connectivity index (χ0) is 16.8. The molecule has 1 aromatic carbocycles. The third-order valence-corrected chi connectivity index (χ3v) is 4.08. The summed E-state index contributed by atoms with van der Waals surface area (Å²) in [5.74, 6) is -0.418. The summed E-state index contributed by atoms with van der Waals surface area (Å²) in [5.41, 5.74) is 2.03. The van der Waals surface area contributed by atoms with Crippen molar-refractivity contribution in [2.75, 3.05) is 13.2 Å². The zero-order valence-electron chi connectivity index (χ0n) is 13.7. The number of nitrogens with zero attached hydrogens (tertiary/aromatic N) is 1. The smallest absolute Gasteiger partial charge is 0.416 e. The molecule has 0 radical (unpaired) electrons. The molecule has 5 nitrogen and oxygen atoms in total. The number of hydrogen-bond acceptors (Lipinski definition) is 4. The molecule has 1 saturated heterocycles. The molecular weight excluding hydrogens is 294 g/mol. The average Bonchev–Trinajstić information content (AvgIpc) is 2.94.